The number of benzene rings is 2. The van der Waals surface area contributed by atoms with E-state index in [4.69, 9.17) is 4.74 Å². The number of hydrogen-bond acceptors (Lipinski definition) is 7. The highest BCUT2D eigenvalue weighted by atomic mass is 32.2. The minimum absolute atomic E-state index is 0.0928. The molecule has 1 fully saturated rings. The van der Waals surface area contributed by atoms with Crippen LogP contribution in [0.3, 0.4) is 0 Å². The zero-order valence-electron chi connectivity index (χ0n) is 14.8. The van der Waals surface area contributed by atoms with Gasteiger partial charge >= 0.3 is 5.97 Å². The largest absolute Gasteiger partial charge is 0.464 e. The molecule has 29 heavy (non-hydrogen) atoms. The molecular formula is C19H15NO8S. The third kappa shape index (κ3) is 3.20. The highest BCUT2D eigenvalue weighted by molar-refractivity contribution is 7.85. The third-order valence-corrected chi connectivity index (χ3v) is 5.97. The smallest absolute Gasteiger partial charge is 0.319 e. The quantitative estimate of drug-likeness (QED) is 0.250. The Morgan fingerprint density at radius 1 is 1.10 bits per heavy atom. The second kappa shape index (κ2) is 6.76. The van der Waals surface area contributed by atoms with Crippen LogP contribution in [0.1, 0.15) is 23.5 Å². The fraction of sp³-hybridized carbons (Fsp3) is 0.211. The second-order valence-electron chi connectivity index (χ2n) is 6.79. The Balaban J connectivity index is 1.63. The van der Waals surface area contributed by atoms with E-state index in [-0.39, 0.29) is 16.6 Å². The molecule has 1 saturated heterocycles. The molecule has 2 N–H and O–H groups in total. The Hall–Kier alpha value is -3.08. The van der Waals surface area contributed by atoms with Crippen LogP contribution in [0.2, 0.25) is 0 Å². The summed E-state index contributed by atoms with van der Waals surface area (Å²) in [5.41, 5.74) is 2.91. The van der Waals surface area contributed by atoms with Crippen molar-refractivity contribution in [2.24, 2.45) is 5.92 Å². The van der Waals surface area contributed by atoms with E-state index in [1.807, 2.05) is 12.1 Å². The molecule has 2 unspecified atom stereocenters. The molecule has 2 amide bonds. The van der Waals surface area contributed by atoms with Crippen LogP contribution in [0.5, 0.6) is 0 Å². The van der Waals surface area contributed by atoms with Crippen molar-refractivity contribution in [3.63, 3.8) is 0 Å². The summed E-state index contributed by atoms with van der Waals surface area (Å²) in [6.07, 6.45) is -0.473. The van der Waals surface area contributed by atoms with Gasteiger partial charge in [-0.1, -0.05) is 30.3 Å². The number of carbonyl (C=O) groups excluding carboxylic acids is 3. The Labute approximate surface area is 165 Å². The molecule has 150 valence electrons. The molecule has 0 bridgehead atoms. The lowest BCUT2D eigenvalue weighted by Gasteiger charge is -2.16. The van der Waals surface area contributed by atoms with E-state index < -0.39 is 46.2 Å². The van der Waals surface area contributed by atoms with Crippen molar-refractivity contribution in [2.75, 3.05) is 6.61 Å². The van der Waals surface area contributed by atoms with Gasteiger partial charge < -0.3 is 4.74 Å². The monoisotopic (exact) mass is 417 g/mol. The van der Waals surface area contributed by atoms with Gasteiger partial charge in [-0.25, -0.2) is 0 Å². The van der Waals surface area contributed by atoms with Gasteiger partial charge in [0.2, 0.25) is 0 Å². The zero-order valence-corrected chi connectivity index (χ0v) is 15.6. The Morgan fingerprint density at radius 2 is 1.79 bits per heavy atom. The highest BCUT2D eigenvalue weighted by Gasteiger charge is 2.44. The third-order valence-electron chi connectivity index (χ3n) is 5.12. The molecule has 10 heteroatoms. The number of fused-ring (bicyclic) bond motifs is 3. The number of hydrogen-bond donors (Lipinski definition) is 2. The van der Waals surface area contributed by atoms with Gasteiger partial charge in [0.25, 0.3) is 21.9 Å². The number of hydroxylamine groups is 2. The van der Waals surface area contributed by atoms with Crippen LogP contribution in [0.15, 0.2) is 47.4 Å². The minimum atomic E-state index is -4.42. The summed E-state index contributed by atoms with van der Waals surface area (Å²) in [6.45, 7) is -0.207. The molecule has 0 spiro atoms. The van der Waals surface area contributed by atoms with E-state index in [9.17, 15) is 32.6 Å². The van der Waals surface area contributed by atoms with Gasteiger partial charge in [-0.2, -0.15) is 13.5 Å². The van der Waals surface area contributed by atoms with Crippen LogP contribution in [-0.2, 0) is 29.2 Å². The summed E-state index contributed by atoms with van der Waals surface area (Å²) < 4.78 is 37.7. The van der Waals surface area contributed by atoms with Gasteiger partial charge in [-0.3, -0.25) is 24.1 Å². The molecular weight excluding hydrogens is 402 g/mol. The average Bonchev–Trinajstić information content (AvgIpc) is 3.14. The molecule has 2 aromatic rings. The van der Waals surface area contributed by atoms with Crippen LogP contribution in [0, 0.1) is 5.92 Å². The molecule has 9 nitrogen and oxygen atoms in total. The molecule has 1 heterocycles. The Kier molecular flexibility index (Phi) is 4.49. The van der Waals surface area contributed by atoms with E-state index in [0.717, 1.165) is 16.7 Å². The number of amides is 2. The summed E-state index contributed by atoms with van der Waals surface area (Å²) in [5.74, 6) is -4.80. The molecule has 0 saturated carbocycles. The summed E-state index contributed by atoms with van der Waals surface area (Å²) in [6, 6.07) is 11.4. The van der Waals surface area contributed by atoms with E-state index in [0.29, 0.717) is 5.56 Å². The molecule has 1 aliphatic carbocycles. The lowest BCUT2D eigenvalue weighted by Crippen LogP contribution is -2.30. The van der Waals surface area contributed by atoms with Gasteiger partial charge in [0.15, 0.2) is 0 Å². The van der Waals surface area contributed by atoms with E-state index >= 15 is 0 Å². The van der Waals surface area contributed by atoms with Gasteiger partial charge in [0, 0.05) is 5.92 Å². The predicted octanol–water partition coefficient (Wildman–Crippen LogP) is 1.35. The van der Waals surface area contributed by atoms with E-state index in [1.165, 1.54) is 12.1 Å². The first-order valence-electron chi connectivity index (χ1n) is 8.61. The first-order chi connectivity index (χ1) is 13.7. The Morgan fingerprint density at radius 3 is 2.45 bits per heavy atom. The van der Waals surface area contributed by atoms with Gasteiger partial charge in [-0.05, 0) is 34.4 Å². The van der Waals surface area contributed by atoms with Crippen LogP contribution in [0.25, 0.3) is 11.1 Å². The number of imide groups is 1. The van der Waals surface area contributed by atoms with Crippen LogP contribution < -0.4 is 0 Å². The Bertz CT molecular complexity index is 1160. The maximum atomic E-state index is 12.3. The van der Waals surface area contributed by atoms with E-state index in [2.05, 4.69) is 0 Å². The zero-order chi connectivity index (χ0) is 20.9. The number of nitrogens with zero attached hydrogens (tertiary/aromatic N) is 1. The van der Waals surface area contributed by atoms with Crippen molar-refractivity contribution in [3.05, 3.63) is 53.6 Å². The van der Waals surface area contributed by atoms with Gasteiger partial charge in [0.1, 0.15) is 12.5 Å². The molecule has 2 atom stereocenters. The molecule has 1 aliphatic heterocycles. The van der Waals surface area contributed by atoms with Gasteiger partial charge in [0.05, 0.1) is 11.3 Å². The van der Waals surface area contributed by atoms with Crippen LogP contribution in [-0.4, -0.2) is 47.6 Å². The fourth-order valence-electron chi connectivity index (χ4n) is 3.70. The number of rotatable bonds is 4. The minimum Gasteiger partial charge on any atom is -0.464 e. The highest BCUT2D eigenvalue weighted by Crippen LogP contribution is 2.45. The van der Waals surface area contributed by atoms with Crippen molar-refractivity contribution in [1.29, 1.82) is 0 Å². The maximum Gasteiger partial charge on any atom is 0.319 e. The number of esters is 1. The number of ether oxygens (including phenoxy) is 1. The molecule has 2 aliphatic rings. The first-order valence-corrected chi connectivity index (χ1v) is 10.1. The van der Waals surface area contributed by atoms with E-state index in [1.54, 1.807) is 18.2 Å². The van der Waals surface area contributed by atoms with Crippen molar-refractivity contribution in [2.45, 2.75) is 17.2 Å². The SMILES string of the molecule is O=C(OCC1c2ccccc2-c2ccc(S(=O)(=O)O)cc21)C1CC(=O)N(O)C1=O. The average molecular weight is 417 g/mol. The standard InChI is InChI=1S/C19H15NO8S/c21-17-8-15(18(22)20(17)24)19(23)28-9-16-12-4-2-1-3-11(12)13-6-5-10(7-14(13)16)29(25,26)27/h1-7,15-16,24H,8-9H2,(H,25,26,27). The molecule has 0 aromatic heterocycles. The lowest BCUT2D eigenvalue weighted by molar-refractivity contribution is -0.173. The maximum absolute atomic E-state index is 12.3. The number of carbonyl (C=O) groups is 3. The summed E-state index contributed by atoms with van der Waals surface area (Å²) in [4.78, 5) is 35.2. The van der Waals surface area contributed by atoms with Crippen molar-refractivity contribution < 1.29 is 37.3 Å². The fourth-order valence-corrected chi connectivity index (χ4v) is 4.21. The second-order valence-corrected chi connectivity index (χ2v) is 8.22. The molecule has 0 radical (unpaired) electrons. The summed E-state index contributed by atoms with van der Waals surface area (Å²) >= 11 is 0. The topological polar surface area (TPSA) is 138 Å². The molecule has 2 aromatic carbocycles. The normalized spacial score (nSPS) is 20.6. The van der Waals surface area contributed by atoms with Gasteiger partial charge in [-0.15, -0.1) is 0 Å². The first kappa shape index (κ1) is 19.2. The van der Waals surface area contributed by atoms with Crippen molar-refractivity contribution in [3.8, 4) is 11.1 Å². The summed E-state index contributed by atoms with van der Waals surface area (Å²) in [7, 11) is -4.42. The predicted molar refractivity (Wildman–Crippen MR) is 96.2 cm³/mol. The van der Waals surface area contributed by atoms with Crippen LogP contribution >= 0.6 is 0 Å². The van der Waals surface area contributed by atoms with Crippen LogP contribution in [0.4, 0.5) is 0 Å². The van der Waals surface area contributed by atoms with Crippen molar-refractivity contribution >= 4 is 27.9 Å². The molecule has 4 rings (SSSR count). The van der Waals surface area contributed by atoms with Crippen molar-refractivity contribution in [1.82, 2.24) is 5.06 Å². The lowest BCUT2D eigenvalue weighted by atomic mass is 9.98. The summed E-state index contributed by atoms with van der Waals surface area (Å²) in [5, 5.41) is 9.19.